The minimum absolute atomic E-state index is 0.0109. The molecule has 19 heavy (non-hydrogen) atoms. The molecule has 1 aromatic carbocycles. The number of hydrogen-bond donors (Lipinski definition) is 2. The highest BCUT2D eigenvalue weighted by molar-refractivity contribution is 9.10. The third kappa shape index (κ3) is 5.66. The van der Waals surface area contributed by atoms with Gasteiger partial charge in [0.25, 0.3) is 0 Å². The molecular formula is C11H14BrN3O2S2. The van der Waals surface area contributed by atoms with Crippen molar-refractivity contribution in [3.05, 3.63) is 28.7 Å². The van der Waals surface area contributed by atoms with Crippen LogP contribution in [0.25, 0.3) is 0 Å². The van der Waals surface area contributed by atoms with E-state index in [2.05, 4.69) is 38.7 Å². The van der Waals surface area contributed by atoms with E-state index in [1.807, 2.05) is 0 Å². The number of thiocarbonyl (C=S) groups is 1. The van der Waals surface area contributed by atoms with E-state index in [4.69, 9.17) is 5.73 Å². The van der Waals surface area contributed by atoms with Gasteiger partial charge in [0.05, 0.1) is 10.6 Å². The molecule has 0 fully saturated rings. The largest absolute Gasteiger partial charge is 0.375 e. The lowest BCUT2D eigenvalue weighted by Crippen LogP contribution is -2.25. The fraction of sp³-hybridized carbons (Fsp3) is 0.273. The number of sulfone groups is 1. The summed E-state index contributed by atoms with van der Waals surface area (Å²) in [5, 5.41) is 3.91. The first-order chi connectivity index (χ1) is 8.81. The van der Waals surface area contributed by atoms with Crippen molar-refractivity contribution >= 4 is 48.8 Å². The molecule has 1 rings (SSSR count). The Kier molecular flexibility index (Phi) is 5.89. The SMILES string of the molecule is C/C(CCS(=O)(=O)c1ccc(Br)cc1)=N\NC(N)=S. The predicted molar refractivity (Wildman–Crippen MR) is 83.8 cm³/mol. The molecule has 0 bridgehead atoms. The van der Waals surface area contributed by atoms with Gasteiger partial charge in [-0.1, -0.05) is 15.9 Å². The normalized spacial score (nSPS) is 12.2. The van der Waals surface area contributed by atoms with E-state index >= 15 is 0 Å². The van der Waals surface area contributed by atoms with E-state index in [0.29, 0.717) is 17.0 Å². The molecule has 0 saturated carbocycles. The molecule has 0 heterocycles. The summed E-state index contributed by atoms with van der Waals surface area (Å²) in [4.78, 5) is 0.297. The fourth-order valence-electron chi connectivity index (χ4n) is 1.25. The fourth-order valence-corrected chi connectivity index (χ4v) is 2.91. The molecule has 1 aromatic rings. The van der Waals surface area contributed by atoms with Crippen LogP contribution in [-0.4, -0.2) is 25.0 Å². The molecule has 0 aliphatic heterocycles. The smallest absolute Gasteiger partial charge is 0.184 e. The first-order valence-electron chi connectivity index (χ1n) is 5.38. The van der Waals surface area contributed by atoms with Gasteiger partial charge in [-0.15, -0.1) is 0 Å². The molecule has 0 atom stereocenters. The van der Waals surface area contributed by atoms with Gasteiger partial charge < -0.3 is 5.73 Å². The predicted octanol–water partition coefficient (Wildman–Crippen LogP) is 1.82. The van der Waals surface area contributed by atoms with E-state index in [1.54, 1.807) is 31.2 Å². The van der Waals surface area contributed by atoms with Gasteiger partial charge in [-0.3, -0.25) is 5.43 Å². The maximum atomic E-state index is 12.0. The van der Waals surface area contributed by atoms with Gasteiger partial charge in [-0.2, -0.15) is 5.10 Å². The third-order valence-corrected chi connectivity index (χ3v) is 4.61. The van der Waals surface area contributed by atoms with Gasteiger partial charge in [0, 0.05) is 16.6 Å². The Labute approximate surface area is 126 Å². The van der Waals surface area contributed by atoms with Crippen LogP contribution in [0.15, 0.2) is 38.7 Å². The minimum atomic E-state index is -3.30. The quantitative estimate of drug-likeness (QED) is 0.473. The second kappa shape index (κ2) is 6.97. The average molecular weight is 364 g/mol. The van der Waals surface area contributed by atoms with Crippen molar-refractivity contribution in [3.8, 4) is 0 Å². The van der Waals surface area contributed by atoms with Gasteiger partial charge in [0.1, 0.15) is 0 Å². The molecule has 5 nitrogen and oxygen atoms in total. The van der Waals surface area contributed by atoms with Crippen LogP contribution in [0.4, 0.5) is 0 Å². The van der Waals surface area contributed by atoms with Crippen molar-refractivity contribution in [2.45, 2.75) is 18.2 Å². The van der Waals surface area contributed by atoms with E-state index < -0.39 is 9.84 Å². The molecule has 0 aliphatic carbocycles. The first-order valence-corrected chi connectivity index (χ1v) is 8.23. The van der Waals surface area contributed by atoms with Crippen LogP contribution in [-0.2, 0) is 9.84 Å². The molecule has 104 valence electrons. The molecule has 3 N–H and O–H groups in total. The van der Waals surface area contributed by atoms with E-state index in [0.717, 1.165) is 4.47 Å². The first kappa shape index (κ1) is 16.1. The Morgan fingerprint density at radius 1 is 1.42 bits per heavy atom. The lowest BCUT2D eigenvalue weighted by Gasteiger charge is -2.05. The summed E-state index contributed by atoms with van der Waals surface area (Å²) < 4.78 is 24.9. The Balaban J connectivity index is 2.68. The van der Waals surface area contributed by atoms with Gasteiger partial charge in [-0.05, 0) is 43.4 Å². The Bertz CT molecular complexity index is 582. The number of nitrogens with one attached hydrogen (secondary N) is 1. The third-order valence-electron chi connectivity index (χ3n) is 2.26. The average Bonchev–Trinajstić information content (AvgIpc) is 2.34. The van der Waals surface area contributed by atoms with E-state index in [-0.39, 0.29) is 10.9 Å². The zero-order valence-corrected chi connectivity index (χ0v) is 13.5. The van der Waals surface area contributed by atoms with Crippen LogP contribution >= 0.6 is 28.1 Å². The monoisotopic (exact) mass is 363 g/mol. The van der Waals surface area contributed by atoms with Crippen LogP contribution in [0.3, 0.4) is 0 Å². The number of rotatable bonds is 5. The lowest BCUT2D eigenvalue weighted by molar-refractivity contribution is 0.596. The summed E-state index contributed by atoms with van der Waals surface area (Å²) in [6.45, 7) is 1.71. The second-order valence-electron chi connectivity index (χ2n) is 3.85. The molecular weight excluding hydrogens is 350 g/mol. The summed E-state index contributed by atoms with van der Waals surface area (Å²) in [6.07, 6.45) is 0.314. The maximum Gasteiger partial charge on any atom is 0.184 e. The Hall–Kier alpha value is -0.990. The minimum Gasteiger partial charge on any atom is -0.375 e. The Morgan fingerprint density at radius 3 is 2.53 bits per heavy atom. The van der Waals surface area contributed by atoms with Crippen LogP contribution in [0.1, 0.15) is 13.3 Å². The lowest BCUT2D eigenvalue weighted by atomic mass is 10.3. The molecule has 0 amide bonds. The summed E-state index contributed by atoms with van der Waals surface area (Å²) in [7, 11) is -3.30. The standard InChI is InChI=1S/C11H14BrN3O2S2/c1-8(14-15-11(13)18)6-7-19(16,17)10-4-2-9(12)3-5-10/h2-5H,6-7H2,1H3,(H3,13,15,18)/b14-8+. The molecule has 0 aliphatic rings. The van der Waals surface area contributed by atoms with E-state index in [1.165, 1.54) is 0 Å². The van der Waals surface area contributed by atoms with Crippen molar-refractivity contribution in [3.63, 3.8) is 0 Å². The van der Waals surface area contributed by atoms with Crippen LogP contribution in [0.5, 0.6) is 0 Å². The van der Waals surface area contributed by atoms with E-state index in [9.17, 15) is 8.42 Å². The highest BCUT2D eigenvalue weighted by atomic mass is 79.9. The van der Waals surface area contributed by atoms with Crippen molar-refractivity contribution in [1.82, 2.24) is 5.43 Å². The van der Waals surface area contributed by atoms with Crippen molar-refractivity contribution in [1.29, 1.82) is 0 Å². The zero-order valence-electron chi connectivity index (χ0n) is 10.3. The second-order valence-corrected chi connectivity index (χ2v) is 7.31. The summed E-state index contributed by atoms with van der Waals surface area (Å²) >= 11 is 7.86. The summed E-state index contributed by atoms with van der Waals surface area (Å²) in [6, 6.07) is 6.53. The number of hydrogen-bond acceptors (Lipinski definition) is 4. The molecule has 0 unspecified atom stereocenters. The number of nitrogens with zero attached hydrogens (tertiary/aromatic N) is 1. The van der Waals surface area contributed by atoms with Crippen LogP contribution in [0, 0.1) is 0 Å². The molecule has 0 spiro atoms. The summed E-state index contributed by atoms with van der Waals surface area (Å²) in [5.74, 6) is -0.0109. The molecule has 0 saturated heterocycles. The highest BCUT2D eigenvalue weighted by Crippen LogP contribution is 2.16. The van der Waals surface area contributed by atoms with Crippen molar-refractivity contribution < 1.29 is 8.42 Å². The highest BCUT2D eigenvalue weighted by Gasteiger charge is 2.14. The molecule has 0 radical (unpaired) electrons. The molecule has 8 heteroatoms. The molecule has 0 aromatic heterocycles. The van der Waals surface area contributed by atoms with Crippen molar-refractivity contribution in [2.24, 2.45) is 10.8 Å². The van der Waals surface area contributed by atoms with Crippen LogP contribution < -0.4 is 11.2 Å². The number of nitrogens with two attached hydrogens (primary N) is 1. The topological polar surface area (TPSA) is 84.5 Å². The number of halogens is 1. The van der Waals surface area contributed by atoms with Crippen LogP contribution in [0.2, 0.25) is 0 Å². The van der Waals surface area contributed by atoms with Gasteiger partial charge in [0.15, 0.2) is 14.9 Å². The zero-order chi connectivity index (χ0) is 14.5. The van der Waals surface area contributed by atoms with Gasteiger partial charge >= 0.3 is 0 Å². The Morgan fingerprint density at radius 2 is 2.00 bits per heavy atom. The number of hydrazone groups is 1. The van der Waals surface area contributed by atoms with Crippen molar-refractivity contribution in [2.75, 3.05) is 5.75 Å². The van der Waals surface area contributed by atoms with Gasteiger partial charge in [0.2, 0.25) is 0 Å². The number of benzene rings is 1. The maximum absolute atomic E-state index is 12.0. The van der Waals surface area contributed by atoms with Gasteiger partial charge in [-0.25, -0.2) is 8.42 Å². The summed E-state index contributed by atoms with van der Waals surface area (Å²) in [5.41, 5.74) is 8.26.